The van der Waals surface area contributed by atoms with E-state index in [2.05, 4.69) is 12.1 Å². The van der Waals surface area contributed by atoms with Crippen molar-refractivity contribution in [2.24, 2.45) is 5.73 Å². The largest absolute Gasteiger partial charge is 0.463 e. The van der Waals surface area contributed by atoms with Crippen molar-refractivity contribution in [3.63, 3.8) is 0 Å². The van der Waals surface area contributed by atoms with E-state index in [4.69, 9.17) is 10.5 Å². The number of ether oxygens (including phenoxy) is 1. The van der Waals surface area contributed by atoms with Crippen LogP contribution in [-0.2, 0) is 9.53 Å². The number of hydrogen-bond donors (Lipinski definition) is 1. The van der Waals surface area contributed by atoms with E-state index in [-0.39, 0.29) is 5.97 Å². The summed E-state index contributed by atoms with van der Waals surface area (Å²) in [6.07, 6.45) is 0. The van der Waals surface area contributed by atoms with Gasteiger partial charge in [-0.2, -0.15) is 5.26 Å². The van der Waals surface area contributed by atoms with E-state index in [0.717, 1.165) is 32.7 Å². The Balaban J connectivity index is 2.83. The third-order valence-electron chi connectivity index (χ3n) is 4.81. The van der Waals surface area contributed by atoms with Crippen molar-refractivity contribution in [3.05, 3.63) is 55.0 Å². The standard InChI is InChI=1S/C20H24N2O2S/c1-7-24-20(23)17-14(6)25-19(22)15(9-21)18(17)16-12(4)10(2)8-11(3)13(16)5/h8,18H,7,22H2,1-6H3/t18-/m1/s1. The number of esters is 1. The SMILES string of the molecule is CCOC(=O)C1=C(C)SC(N)=C(C#N)[C@@H]1c1c(C)c(C)cc(C)c1C. The highest BCUT2D eigenvalue weighted by Gasteiger charge is 2.37. The van der Waals surface area contributed by atoms with E-state index in [1.807, 2.05) is 34.6 Å². The number of allylic oxidation sites excluding steroid dienone is 2. The van der Waals surface area contributed by atoms with Gasteiger partial charge in [-0.25, -0.2) is 4.79 Å². The quantitative estimate of drug-likeness (QED) is 0.818. The predicted octanol–water partition coefficient (Wildman–Crippen LogP) is 4.28. The van der Waals surface area contributed by atoms with Gasteiger partial charge in [0.05, 0.1) is 34.8 Å². The lowest BCUT2D eigenvalue weighted by Crippen LogP contribution is -2.24. The molecule has 0 aromatic heterocycles. The van der Waals surface area contributed by atoms with Crippen molar-refractivity contribution in [3.8, 4) is 6.07 Å². The van der Waals surface area contributed by atoms with Crippen LogP contribution in [-0.4, -0.2) is 12.6 Å². The first-order chi connectivity index (χ1) is 11.7. The Kier molecular flexibility index (Phi) is 5.64. The Labute approximate surface area is 153 Å². The first-order valence-electron chi connectivity index (χ1n) is 8.27. The normalized spacial score (nSPS) is 17.6. The molecular formula is C20H24N2O2S. The Morgan fingerprint density at radius 3 is 2.28 bits per heavy atom. The second-order valence-electron chi connectivity index (χ2n) is 6.29. The maximum Gasteiger partial charge on any atom is 0.335 e. The summed E-state index contributed by atoms with van der Waals surface area (Å²) in [5, 5.41) is 10.2. The molecule has 0 bridgehead atoms. The summed E-state index contributed by atoms with van der Waals surface area (Å²) in [4.78, 5) is 13.5. The number of benzene rings is 1. The van der Waals surface area contributed by atoms with Gasteiger partial charge >= 0.3 is 5.97 Å². The van der Waals surface area contributed by atoms with Crippen molar-refractivity contribution in [1.82, 2.24) is 0 Å². The molecule has 0 spiro atoms. The fourth-order valence-electron chi connectivity index (χ4n) is 3.32. The number of nitriles is 1. The predicted molar refractivity (Wildman–Crippen MR) is 102 cm³/mol. The van der Waals surface area contributed by atoms with Crippen LogP contribution in [0.4, 0.5) is 0 Å². The third kappa shape index (κ3) is 3.32. The van der Waals surface area contributed by atoms with E-state index in [1.165, 1.54) is 11.8 Å². The van der Waals surface area contributed by atoms with Crippen LogP contribution >= 0.6 is 11.8 Å². The lowest BCUT2D eigenvalue weighted by molar-refractivity contribution is -0.138. The summed E-state index contributed by atoms with van der Waals surface area (Å²) in [5.74, 6) is -0.861. The maximum absolute atomic E-state index is 12.7. The molecule has 0 amide bonds. The van der Waals surface area contributed by atoms with Gasteiger partial charge in [-0.05, 0) is 74.3 Å². The lowest BCUT2D eigenvalue weighted by atomic mass is 9.78. The molecule has 0 fully saturated rings. The molecular weight excluding hydrogens is 332 g/mol. The average Bonchev–Trinajstić information content (AvgIpc) is 2.53. The van der Waals surface area contributed by atoms with E-state index >= 15 is 0 Å². The molecule has 0 radical (unpaired) electrons. The molecule has 5 heteroatoms. The van der Waals surface area contributed by atoms with Gasteiger partial charge in [-0.1, -0.05) is 17.8 Å². The molecule has 0 unspecified atom stereocenters. The molecule has 1 aliphatic heterocycles. The fraction of sp³-hybridized carbons (Fsp3) is 0.400. The van der Waals surface area contributed by atoms with Gasteiger partial charge in [0, 0.05) is 0 Å². The number of nitrogens with two attached hydrogens (primary N) is 1. The topological polar surface area (TPSA) is 76.1 Å². The van der Waals surface area contributed by atoms with Gasteiger partial charge in [0.25, 0.3) is 0 Å². The van der Waals surface area contributed by atoms with Crippen LogP contribution in [0.15, 0.2) is 27.1 Å². The van der Waals surface area contributed by atoms with Crippen molar-refractivity contribution in [2.75, 3.05) is 6.61 Å². The van der Waals surface area contributed by atoms with Crippen molar-refractivity contribution < 1.29 is 9.53 Å². The number of hydrogen-bond acceptors (Lipinski definition) is 5. The molecule has 1 atom stereocenters. The van der Waals surface area contributed by atoms with Gasteiger partial charge in [0.2, 0.25) is 0 Å². The molecule has 0 aliphatic carbocycles. The van der Waals surface area contributed by atoms with Crippen LogP contribution in [0, 0.1) is 39.0 Å². The molecule has 4 nitrogen and oxygen atoms in total. The van der Waals surface area contributed by atoms with E-state index < -0.39 is 5.92 Å². The first-order valence-corrected chi connectivity index (χ1v) is 9.08. The smallest absolute Gasteiger partial charge is 0.335 e. The zero-order valence-electron chi connectivity index (χ0n) is 15.6. The molecule has 2 rings (SSSR count). The summed E-state index contributed by atoms with van der Waals surface area (Å²) in [6.45, 7) is 12.1. The molecule has 1 aliphatic rings. The Hall–Kier alpha value is -2.19. The van der Waals surface area contributed by atoms with Crippen LogP contribution < -0.4 is 5.73 Å². The van der Waals surface area contributed by atoms with Crippen molar-refractivity contribution in [1.29, 1.82) is 5.26 Å². The van der Waals surface area contributed by atoms with Crippen LogP contribution in [0.2, 0.25) is 0 Å². The summed E-state index contributed by atoms with van der Waals surface area (Å²) in [6, 6.07) is 4.37. The highest BCUT2D eigenvalue weighted by molar-refractivity contribution is 8.06. The zero-order chi connectivity index (χ0) is 18.9. The molecule has 0 saturated carbocycles. The molecule has 0 saturated heterocycles. The summed E-state index contributed by atoms with van der Waals surface area (Å²) < 4.78 is 5.29. The highest BCUT2D eigenvalue weighted by atomic mass is 32.2. The van der Waals surface area contributed by atoms with Gasteiger partial charge in [0.1, 0.15) is 0 Å². The third-order valence-corrected chi connectivity index (χ3v) is 5.78. The van der Waals surface area contributed by atoms with Crippen LogP contribution in [0.5, 0.6) is 0 Å². The van der Waals surface area contributed by atoms with Gasteiger partial charge in [-0.3, -0.25) is 0 Å². The summed E-state index contributed by atoms with van der Waals surface area (Å²) >= 11 is 1.27. The Morgan fingerprint density at radius 1 is 1.24 bits per heavy atom. The molecule has 1 aromatic carbocycles. The number of thioether (sulfide) groups is 1. The number of aryl methyl sites for hydroxylation is 2. The number of nitrogens with zero attached hydrogens (tertiary/aromatic N) is 1. The Morgan fingerprint density at radius 2 is 1.80 bits per heavy atom. The molecule has 25 heavy (non-hydrogen) atoms. The second-order valence-corrected chi connectivity index (χ2v) is 7.55. The summed E-state index contributed by atoms with van der Waals surface area (Å²) in [7, 11) is 0. The number of carbonyl (C=O) groups excluding carboxylic acids is 1. The van der Waals surface area contributed by atoms with Crippen molar-refractivity contribution in [2.45, 2.75) is 47.5 Å². The molecule has 1 aromatic rings. The summed E-state index contributed by atoms with van der Waals surface area (Å²) in [5.41, 5.74) is 12.5. The first kappa shape index (κ1) is 19.1. The second kappa shape index (κ2) is 7.37. The zero-order valence-corrected chi connectivity index (χ0v) is 16.4. The van der Waals surface area contributed by atoms with Gasteiger partial charge in [-0.15, -0.1) is 0 Å². The van der Waals surface area contributed by atoms with Crippen LogP contribution in [0.25, 0.3) is 0 Å². The van der Waals surface area contributed by atoms with E-state index in [0.29, 0.717) is 22.8 Å². The van der Waals surface area contributed by atoms with Crippen LogP contribution in [0.1, 0.15) is 47.6 Å². The monoisotopic (exact) mass is 356 g/mol. The fourth-order valence-corrected chi connectivity index (χ4v) is 4.24. The Bertz CT molecular complexity index is 818. The molecule has 1 heterocycles. The van der Waals surface area contributed by atoms with Crippen molar-refractivity contribution >= 4 is 17.7 Å². The molecule has 132 valence electrons. The van der Waals surface area contributed by atoms with Gasteiger partial charge < -0.3 is 10.5 Å². The minimum atomic E-state index is -0.483. The maximum atomic E-state index is 12.7. The number of carbonyl (C=O) groups is 1. The minimum absolute atomic E-state index is 0.291. The van der Waals surface area contributed by atoms with Gasteiger partial charge in [0.15, 0.2) is 0 Å². The van der Waals surface area contributed by atoms with Crippen LogP contribution in [0.3, 0.4) is 0 Å². The minimum Gasteiger partial charge on any atom is -0.463 e. The highest BCUT2D eigenvalue weighted by Crippen LogP contribution is 2.47. The molecule has 2 N–H and O–H groups in total. The number of rotatable bonds is 3. The van der Waals surface area contributed by atoms with E-state index in [1.54, 1.807) is 6.92 Å². The van der Waals surface area contributed by atoms with E-state index in [9.17, 15) is 10.1 Å². The average molecular weight is 356 g/mol. The lowest BCUT2D eigenvalue weighted by Gasteiger charge is -2.30.